The molecule has 2 unspecified atom stereocenters. The van der Waals surface area contributed by atoms with Crippen LogP contribution < -0.4 is 5.73 Å². The minimum atomic E-state index is -0.280. The molecule has 9 heavy (non-hydrogen) atoms. The Morgan fingerprint density at radius 2 is 2.56 bits per heavy atom. The van der Waals surface area contributed by atoms with Gasteiger partial charge >= 0.3 is 0 Å². The van der Waals surface area contributed by atoms with Crippen molar-refractivity contribution in [2.45, 2.75) is 18.8 Å². The van der Waals surface area contributed by atoms with Crippen LogP contribution in [0.5, 0.6) is 0 Å². The molecule has 3 nitrogen and oxygen atoms in total. The van der Waals surface area contributed by atoms with Gasteiger partial charge in [-0.1, -0.05) is 6.58 Å². The van der Waals surface area contributed by atoms with Gasteiger partial charge in [0.05, 0.1) is 11.8 Å². The zero-order valence-electron chi connectivity index (χ0n) is 5.46. The third-order valence-electron chi connectivity index (χ3n) is 1.33. The van der Waals surface area contributed by atoms with Crippen LogP contribution in [0.3, 0.4) is 0 Å². The van der Waals surface area contributed by atoms with Crippen molar-refractivity contribution in [2.75, 3.05) is 7.11 Å². The third-order valence-corrected chi connectivity index (χ3v) is 1.33. The Morgan fingerprint density at radius 3 is 2.78 bits per heavy atom. The fraction of sp³-hybridized carbons (Fsp3) is 0.667. The van der Waals surface area contributed by atoms with E-state index in [1.54, 1.807) is 7.11 Å². The van der Waals surface area contributed by atoms with E-state index >= 15 is 0 Å². The molecule has 0 aromatic rings. The normalized spacial score (nSPS) is 34.7. The molecule has 0 bridgehead atoms. The number of hydrogen-bond acceptors (Lipinski definition) is 3. The first-order chi connectivity index (χ1) is 4.24. The van der Waals surface area contributed by atoms with Crippen LogP contribution in [0.1, 0.15) is 6.42 Å². The van der Waals surface area contributed by atoms with Crippen molar-refractivity contribution in [3.8, 4) is 0 Å². The Labute approximate surface area is 54.4 Å². The Bertz CT molecular complexity index is 124. The SMILES string of the molecule is C=C1CC(N)C(OC)O1. The molecule has 3 heteroatoms. The first kappa shape index (κ1) is 6.58. The Kier molecular flexibility index (Phi) is 1.73. The molecule has 1 saturated heterocycles. The molecule has 2 N–H and O–H groups in total. The Morgan fingerprint density at radius 1 is 1.89 bits per heavy atom. The molecule has 0 spiro atoms. The minimum absolute atomic E-state index is 0.0394. The standard InChI is InChI=1S/C6H11NO2/c1-4-3-5(7)6(8-2)9-4/h5-6H,1,3,7H2,2H3. The largest absolute Gasteiger partial charge is 0.468 e. The topological polar surface area (TPSA) is 44.5 Å². The van der Waals surface area contributed by atoms with Crippen molar-refractivity contribution in [1.82, 2.24) is 0 Å². The van der Waals surface area contributed by atoms with Crippen LogP contribution in [0.25, 0.3) is 0 Å². The number of nitrogens with two attached hydrogens (primary N) is 1. The van der Waals surface area contributed by atoms with Gasteiger partial charge in [-0.15, -0.1) is 0 Å². The van der Waals surface area contributed by atoms with Gasteiger partial charge in [0.15, 0.2) is 0 Å². The lowest BCUT2D eigenvalue weighted by Crippen LogP contribution is -2.31. The average molecular weight is 129 g/mol. The van der Waals surface area contributed by atoms with Crippen LogP contribution >= 0.6 is 0 Å². The van der Waals surface area contributed by atoms with Crippen molar-refractivity contribution in [1.29, 1.82) is 0 Å². The van der Waals surface area contributed by atoms with E-state index in [-0.39, 0.29) is 12.3 Å². The highest BCUT2D eigenvalue weighted by Gasteiger charge is 2.27. The van der Waals surface area contributed by atoms with Crippen molar-refractivity contribution in [2.24, 2.45) is 5.73 Å². The van der Waals surface area contributed by atoms with Crippen LogP contribution in [-0.2, 0) is 9.47 Å². The molecule has 0 saturated carbocycles. The summed E-state index contributed by atoms with van der Waals surface area (Å²) in [6.07, 6.45) is 0.427. The van der Waals surface area contributed by atoms with Crippen LogP contribution in [0.4, 0.5) is 0 Å². The van der Waals surface area contributed by atoms with Gasteiger partial charge in [0.25, 0.3) is 0 Å². The van der Waals surface area contributed by atoms with Gasteiger partial charge in [-0.05, 0) is 0 Å². The number of ether oxygens (including phenoxy) is 2. The molecular formula is C6H11NO2. The molecule has 2 atom stereocenters. The molecule has 0 aromatic heterocycles. The van der Waals surface area contributed by atoms with Crippen molar-refractivity contribution >= 4 is 0 Å². The Balaban J connectivity index is 2.47. The molecule has 52 valence electrons. The summed E-state index contributed by atoms with van der Waals surface area (Å²) in [6, 6.07) is -0.0394. The van der Waals surface area contributed by atoms with Gasteiger partial charge in [-0.25, -0.2) is 0 Å². The van der Waals surface area contributed by atoms with E-state index in [9.17, 15) is 0 Å². The van der Waals surface area contributed by atoms with Crippen molar-refractivity contribution in [3.05, 3.63) is 12.3 Å². The first-order valence-electron chi connectivity index (χ1n) is 2.87. The van der Waals surface area contributed by atoms with Crippen LogP contribution in [-0.4, -0.2) is 19.4 Å². The van der Waals surface area contributed by atoms with Crippen molar-refractivity contribution < 1.29 is 9.47 Å². The molecule has 1 rings (SSSR count). The van der Waals surface area contributed by atoms with Gasteiger partial charge < -0.3 is 15.2 Å². The summed E-state index contributed by atoms with van der Waals surface area (Å²) in [5.41, 5.74) is 5.57. The fourth-order valence-corrected chi connectivity index (χ4v) is 0.882. The molecule has 1 aliphatic heterocycles. The molecule has 0 aromatic carbocycles. The lowest BCUT2D eigenvalue weighted by Gasteiger charge is -2.10. The molecule has 1 aliphatic rings. The molecule has 1 heterocycles. The molecule has 0 amide bonds. The summed E-state index contributed by atoms with van der Waals surface area (Å²) >= 11 is 0. The highest BCUT2D eigenvalue weighted by Crippen LogP contribution is 2.20. The van der Waals surface area contributed by atoms with E-state index < -0.39 is 0 Å². The first-order valence-corrected chi connectivity index (χ1v) is 2.87. The monoisotopic (exact) mass is 129 g/mol. The minimum Gasteiger partial charge on any atom is -0.468 e. The maximum absolute atomic E-state index is 5.57. The lowest BCUT2D eigenvalue weighted by atomic mass is 10.2. The van der Waals surface area contributed by atoms with E-state index in [2.05, 4.69) is 6.58 Å². The molecule has 0 radical (unpaired) electrons. The summed E-state index contributed by atoms with van der Waals surface area (Å²) in [6.45, 7) is 3.62. The van der Waals surface area contributed by atoms with Crippen molar-refractivity contribution in [3.63, 3.8) is 0 Å². The summed E-state index contributed by atoms with van der Waals surface area (Å²) in [7, 11) is 1.57. The molecular weight excluding hydrogens is 118 g/mol. The van der Waals surface area contributed by atoms with Gasteiger partial charge in [-0.2, -0.15) is 0 Å². The second-order valence-corrected chi connectivity index (χ2v) is 2.13. The van der Waals surface area contributed by atoms with E-state index in [1.807, 2.05) is 0 Å². The van der Waals surface area contributed by atoms with Gasteiger partial charge in [0.2, 0.25) is 6.29 Å². The smallest absolute Gasteiger partial charge is 0.214 e. The number of hydrogen-bond donors (Lipinski definition) is 1. The average Bonchev–Trinajstić information content (AvgIpc) is 2.10. The molecule has 0 aliphatic carbocycles. The summed E-state index contributed by atoms with van der Waals surface area (Å²) in [4.78, 5) is 0. The predicted octanol–water partition coefficient (Wildman–Crippen LogP) is 0.220. The fourth-order valence-electron chi connectivity index (χ4n) is 0.882. The van der Waals surface area contributed by atoms with E-state index in [4.69, 9.17) is 15.2 Å². The summed E-state index contributed by atoms with van der Waals surface area (Å²) in [5.74, 6) is 0.717. The highest BCUT2D eigenvalue weighted by atomic mass is 16.7. The maximum Gasteiger partial charge on any atom is 0.214 e. The molecule has 1 fully saturated rings. The zero-order chi connectivity index (χ0) is 6.85. The van der Waals surface area contributed by atoms with E-state index in [0.29, 0.717) is 12.2 Å². The van der Waals surface area contributed by atoms with Gasteiger partial charge in [0, 0.05) is 13.5 Å². The highest BCUT2D eigenvalue weighted by molar-refractivity contribution is 4.95. The predicted molar refractivity (Wildman–Crippen MR) is 33.6 cm³/mol. The van der Waals surface area contributed by atoms with E-state index in [1.165, 1.54) is 0 Å². The summed E-state index contributed by atoms with van der Waals surface area (Å²) < 4.78 is 9.97. The lowest BCUT2D eigenvalue weighted by molar-refractivity contribution is -0.0760. The maximum atomic E-state index is 5.57. The third kappa shape index (κ3) is 1.23. The van der Waals surface area contributed by atoms with E-state index in [0.717, 1.165) is 0 Å². The van der Waals surface area contributed by atoms with Crippen LogP contribution in [0, 0.1) is 0 Å². The zero-order valence-corrected chi connectivity index (χ0v) is 5.46. The Hall–Kier alpha value is -0.540. The van der Waals surface area contributed by atoms with Gasteiger partial charge in [0.1, 0.15) is 0 Å². The second-order valence-electron chi connectivity index (χ2n) is 2.13. The van der Waals surface area contributed by atoms with Gasteiger partial charge in [-0.3, -0.25) is 0 Å². The number of methoxy groups -OCH3 is 1. The number of rotatable bonds is 1. The summed E-state index contributed by atoms with van der Waals surface area (Å²) in [5, 5.41) is 0. The van der Waals surface area contributed by atoms with Crippen LogP contribution in [0.2, 0.25) is 0 Å². The van der Waals surface area contributed by atoms with Crippen LogP contribution in [0.15, 0.2) is 12.3 Å². The quantitative estimate of drug-likeness (QED) is 0.550. The second kappa shape index (κ2) is 2.37.